The first-order valence-electron chi connectivity index (χ1n) is 9.78. The second kappa shape index (κ2) is 7.17. The molecule has 1 saturated heterocycles. The van der Waals surface area contributed by atoms with E-state index in [0.29, 0.717) is 4.88 Å². The Morgan fingerprint density at radius 3 is 2.72 bits per heavy atom. The normalized spacial score (nSPS) is 14.4. The van der Waals surface area contributed by atoms with Gasteiger partial charge in [0, 0.05) is 36.7 Å². The molecule has 0 bridgehead atoms. The Labute approximate surface area is 172 Å². The number of hydrogen-bond donors (Lipinski definition) is 1. The summed E-state index contributed by atoms with van der Waals surface area (Å²) in [5.74, 6) is -0.858. The SMILES string of the molecule is Cc1cc(-n2ccnc2)ccc1-c1cc2sc(C(=O)O)cc2n1CCN1CCC1. The zero-order valence-electron chi connectivity index (χ0n) is 16.2. The van der Waals surface area contributed by atoms with Crippen molar-refractivity contribution < 1.29 is 9.90 Å². The summed E-state index contributed by atoms with van der Waals surface area (Å²) in [4.78, 5) is 18.4. The number of imidazole rings is 1. The molecule has 29 heavy (non-hydrogen) atoms. The number of benzene rings is 1. The Bertz CT molecular complexity index is 1190. The molecule has 0 radical (unpaired) electrons. The first-order chi connectivity index (χ1) is 14.1. The molecule has 4 heterocycles. The van der Waals surface area contributed by atoms with Gasteiger partial charge in [-0.15, -0.1) is 11.3 Å². The van der Waals surface area contributed by atoms with Crippen molar-refractivity contribution >= 4 is 27.5 Å². The Kier molecular flexibility index (Phi) is 4.49. The molecule has 1 aromatic carbocycles. The lowest BCUT2D eigenvalue weighted by Gasteiger charge is -2.31. The number of aromatic nitrogens is 3. The molecule has 1 fully saturated rings. The second-order valence-corrected chi connectivity index (χ2v) is 8.59. The molecule has 1 N–H and O–H groups in total. The van der Waals surface area contributed by atoms with E-state index in [-0.39, 0.29) is 0 Å². The fraction of sp³-hybridized carbons (Fsp3) is 0.273. The van der Waals surface area contributed by atoms with Crippen molar-refractivity contribution in [1.29, 1.82) is 0 Å². The third kappa shape index (κ3) is 3.26. The predicted molar refractivity (Wildman–Crippen MR) is 115 cm³/mol. The van der Waals surface area contributed by atoms with Gasteiger partial charge < -0.3 is 19.1 Å². The molecule has 1 aliphatic rings. The summed E-state index contributed by atoms with van der Waals surface area (Å²) in [5.41, 5.74) is 5.61. The highest BCUT2D eigenvalue weighted by Crippen LogP contribution is 2.36. The Hall–Kier alpha value is -2.90. The van der Waals surface area contributed by atoms with Crippen LogP contribution in [0.3, 0.4) is 0 Å². The standard InChI is InChI=1S/C22H22N4O2S/c1-15-11-16(25-8-5-23-14-25)3-4-17(15)18-12-20-19(13-21(29-20)22(27)28)26(18)10-9-24-6-2-7-24/h3-5,8,11-14H,2,6-7,9-10H2,1H3,(H,27,28). The zero-order chi connectivity index (χ0) is 20.0. The molecule has 148 valence electrons. The van der Waals surface area contributed by atoms with E-state index >= 15 is 0 Å². The second-order valence-electron chi connectivity index (χ2n) is 7.51. The molecule has 0 aliphatic carbocycles. The van der Waals surface area contributed by atoms with Crippen molar-refractivity contribution in [2.24, 2.45) is 0 Å². The van der Waals surface area contributed by atoms with Crippen LogP contribution in [0, 0.1) is 6.92 Å². The van der Waals surface area contributed by atoms with Crippen LogP contribution in [-0.2, 0) is 6.54 Å². The van der Waals surface area contributed by atoms with Crippen molar-refractivity contribution in [3.63, 3.8) is 0 Å². The van der Waals surface area contributed by atoms with Crippen molar-refractivity contribution in [1.82, 2.24) is 19.0 Å². The molecule has 0 saturated carbocycles. The van der Waals surface area contributed by atoms with Crippen molar-refractivity contribution in [2.45, 2.75) is 19.9 Å². The highest BCUT2D eigenvalue weighted by atomic mass is 32.1. The molecule has 0 amide bonds. The van der Waals surface area contributed by atoms with Crippen molar-refractivity contribution in [3.05, 3.63) is 59.5 Å². The highest BCUT2D eigenvalue weighted by Gasteiger charge is 2.20. The molecule has 7 heteroatoms. The Morgan fingerprint density at radius 2 is 2.07 bits per heavy atom. The van der Waals surface area contributed by atoms with E-state index in [1.165, 1.54) is 28.9 Å². The third-order valence-corrected chi connectivity index (χ3v) is 6.74. The largest absolute Gasteiger partial charge is 0.477 e. The van der Waals surface area contributed by atoms with E-state index in [9.17, 15) is 9.90 Å². The van der Waals surface area contributed by atoms with Gasteiger partial charge in [-0.3, -0.25) is 0 Å². The van der Waals surface area contributed by atoms with E-state index < -0.39 is 5.97 Å². The minimum atomic E-state index is -0.858. The number of hydrogen-bond acceptors (Lipinski definition) is 4. The minimum absolute atomic E-state index is 0.395. The van der Waals surface area contributed by atoms with Gasteiger partial charge >= 0.3 is 5.97 Å². The highest BCUT2D eigenvalue weighted by molar-refractivity contribution is 7.20. The number of likely N-dealkylation sites (tertiary alicyclic amines) is 1. The minimum Gasteiger partial charge on any atom is -0.477 e. The first kappa shape index (κ1) is 18.1. The molecular weight excluding hydrogens is 384 g/mol. The van der Waals surface area contributed by atoms with Crippen LogP contribution in [0.15, 0.2) is 49.1 Å². The molecule has 0 spiro atoms. The van der Waals surface area contributed by atoms with E-state index in [1.54, 1.807) is 12.5 Å². The van der Waals surface area contributed by atoms with Crippen LogP contribution >= 0.6 is 11.3 Å². The monoisotopic (exact) mass is 406 g/mol. The summed E-state index contributed by atoms with van der Waals surface area (Å²) in [6.07, 6.45) is 6.78. The summed E-state index contributed by atoms with van der Waals surface area (Å²) in [6, 6.07) is 10.4. The first-order valence-corrected chi connectivity index (χ1v) is 10.6. The lowest BCUT2D eigenvalue weighted by molar-refractivity contribution is 0.0702. The summed E-state index contributed by atoms with van der Waals surface area (Å²) in [6.45, 7) is 6.28. The maximum Gasteiger partial charge on any atom is 0.345 e. The number of fused-ring (bicyclic) bond motifs is 1. The van der Waals surface area contributed by atoms with Crippen LogP contribution < -0.4 is 0 Å². The van der Waals surface area contributed by atoms with Gasteiger partial charge in [-0.25, -0.2) is 9.78 Å². The number of thiophene rings is 1. The van der Waals surface area contributed by atoms with Crippen LogP contribution in [0.4, 0.5) is 0 Å². The molecule has 0 unspecified atom stereocenters. The van der Waals surface area contributed by atoms with Gasteiger partial charge in [-0.2, -0.15) is 0 Å². The average Bonchev–Trinajstić information content (AvgIpc) is 3.37. The van der Waals surface area contributed by atoms with Gasteiger partial charge in [0.2, 0.25) is 0 Å². The molecule has 3 aromatic heterocycles. The number of carbonyl (C=O) groups is 1. The van der Waals surface area contributed by atoms with E-state index in [2.05, 4.69) is 45.6 Å². The van der Waals surface area contributed by atoms with Gasteiger partial charge in [-0.1, -0.05) is 6.07 Å². The van der Waals surface area contributed by atoms with Crippen LogP contribution in [0.25, 0.3) is 27.2 Å². The van der Waals surface area contributed by atoms with Crippen LogP contribution in [0.1, 0.15) is 21.7 Å². The van der Waals surface area contributed by atoms with Gasteiger partial charge in [-0.05, 0) is 56.3 Å². The molecule has 0 atom stereocenters. The van der Waals surface area contributed by atoms with E-state index in [0.717, 1.165) is 47.8 Å². The summed E-state index contributed by atoms with van der Waals surface area (Å²) in [5, 5.41) is 9.40. The predicted octanol–water partition coefficient (Wildman–Crippen LogP) is 4.27. The summed E-state index contributed by atoms with van der Waals surface area (Å²) >= 11 is 1.35. The fourth-order valence-corrected chi connectivity index (χ4v) is 4.90. The quantitative estimate of drug-likeness (QED) is 0.519. The van der Waals surface area contributed by atoms with Crippen LogP contribution in [0.5, 0.6) is 0 Å². The van der Waals surface area contributed by atoms with Crippen LogP contribution in [0.2, 0.25) is 0 Å². The molecule has 5 rings (SSSR count). The Balaban J connectivity index is 1.57. The molecule has 4 aromatic rings. The molecule has 1 aliphatic heterocycles. The number of carboxylic acids is 1. The number of nitrogens with zero attached hydrogens (tertiary/aromatic N) is 4. The lowest BCUT2D eigenvalue weighted by atomic mass is 10.0. The fourth-order valence-electron chi connectivity index (χ4n) is 3.97. The summed E-state index contributed by atoms with van der Waals surface area (Å²) in [7, 11) is 0. The smallest absolute Gasteiger partial charge is 0.345 e. The van der Waals surface area contributed by atoms with Crippen molar-refractivity contribution in [3.8, 4) is 16.9 Å². The summed E-state index contributed by atoms with van der Waals surface area (Å²) < 4.78 is 5.31. The maximum atomic E-state index is 11.4. The van der Waals surface area contributed by atoms with Crippen molar-refractivity contribution in [2.75, 3.05) is 19.6 Å². The van der Waals surface area contributed by atoms with Gasteiger partial charge in [0.1, 0.15) is 4.88 Å². The maximum absolute atomic E-state index is 11.4. The van der Waals surface area contributed by atoms with Crippen LogP contribution in [-0.4, -0.2) is 49.7 Å². The molecule has 6 nitrogen and oxygen atoms in total. The number of aromatic carboxylic acids is 1. The molecular formula is C22H22N4O2S. The average molecular weight is 407 g/mol. The topological polar surface area (TPSA) is 63.3 Å². The zero-order valence-corrected chi connectivity index (χ0v) is 17.0. The van der Waals surface area contributed by atoms with Gasteiger partial charge in [0.25, 0.3) is 0 Å². The number of aryl methyl sites for hydroxylation is 1. The number of rotatable bonds is 6. The van der Waals surface area contributed by atoms with E-state index in [4.69, 9.17) is 0 Å². The lowest BCUT2D eigenvalue weighted by Crippen LogP contribution is -2.39. The van der Waals surface area contributed by atoms with E-state index in [1.807, 2.05) is 16.8 Å². The Morgan fingerprint density at radius 1 is 1.21 bits per heavy atom. The third-order valence-electron chi connectivity index (χ3n) is 5.68. The van der Waals surface area contributed by atoms with Gasteiger partial charge in [0.05, 0.1) is 22.2 Å². The van der Waals surface area contributed by atoms with Gasteiger partial charge in [0.15, 0.2) is 0 Å². The number of carboxylic acid groups (broad SMARTS) is 1.